The van der Waals surface area contributed by atoms with Crippen LogP contribution in [0.2, 0.25) is 0 Å². The molecule has 208 valence electrons. The van der Waals surface area contributed by atoms with Crippen molar-refractivity contribution >= 4 is 59.3 Å². The number of halogens is 2. The number of benzene rings is 2. The van der Waals surface area contributed by atoms with Crippen LogP contribution in [0.5, 0.6) is 0 Å². The van der Waals surface area contributed by atoms with Gasteiger partial charge in [0.25, 0.3) is 5.91 Å². The maximum atomic E-state index is 11.3. The standard InChI is InChI=1S/C30H36N6O.2ClH/c1-21-12-13-26-27(33-21)9-5-11-29(26)35-18-17-34(22(2)19-35)16-14-24-7-4-10-28-25(24)8-6-15-36(28)20-32-23(3)30(31)37;;/h4-5,7,9-13,20,22H,3,6,8,14-19H2,1-2H3,(H2,31,37);2*1H/t22-;;/m1../s1. The van der Waals surface area contributed by atoms with Gasteiger partial charge in [-0.25, -0.2) is 4.99 Å². The Morgan fingerprint density at radius 1 is 1.10 bits per heavy atom. The zero-order chi connectivity index (χ0) is 25.9. The van der Waals surface area contributed by atoms with E-state index in [-0.39, 0.29) is 30.5 Å². The Balaban J connectivity index is 0.00000210. The third-order valence-electron chi connectivity index (χ3n) is 7.64. The first-order valence-corrected chi connectivity index (χ1v) is 13.2. The van der Waals surface area contributed by atoms with Crippen molar-refractivity contribution in [3.8, 4) is 0 Å². The first-order chi connectivity index (χ1) is 17.9. The van der Waals surface area contributed by atoms with E-state index in [0.717, 1.165) is 63.2 Å². The minimum atomic E-state index is -0.594. The molecule has 2 N–H and O–H groups in total. The van der Waals surface area contributed by atoms with Crippen molar-refractivity contribution in [1.29, 1.82) is 0 Å². The predicted octanol–water partition coefficient (Wildman–Crippen LogP) is 4.92. The fourth-order valence-electron chi connectivity index (χ4n) is 5.61. The average molecular weight is 570 g/mol. The second-order valence-electron chi connectivity index (χ2n) is 10.1. The SMILES string of the molecule is C=C(N=CN1CCCc2c(CCN3CCN(c4cccc5nc(C)ccc45)C[C@H]3C)cccc21)C(N)=O.Cl.Cl. The Labute approximate surface area is 243 Å². The molecular weight excluding hydrogens is 531 g/mol. The van der Waals surface area contributed by atoms with Crippen LogP contribution in [0.25, 0.3) is 10.9 Å². The maximum absolute atomic E-state index is 11.3. The second-order valence-corrected chi connectivity index (χ2v) is 10.1. The first-order valence-electron chi connectivity index (χ1n) is 13.2. The van der Waals surface area contributed by atoms with Gasteiger partial charge < -0.3 is 15.5 Å². The maximum Gasteiger partial charge on any atom is 0.266 e. The van der Waals surface area contributed by atoms with E-state index >= 15 is 0 Å². The number of rotatable bonds is 7. The number of carbonyl (C=O) groups is 1. The van der Waals surface area contributed by atoms with E-state index in [0.29, 0.717) is 6.04 Å². The number of fused-ring (bicyclic) bond motifs is 2. The van der Waals surface area contributed by atoms with E-state index in [2.05, 4.69) is 81.7 Å². The van der Waals surface area contributed by atoms with Gasteiger partial charge in [-0.2, -0.15) is 0 Å². The van der Waals surface area contributed by atoms with E-state index in [1.165, 1.54) is 27.9 Å². The van der Waals surface area contributed by atoms with Gasteiger partial charge in [0.1, 0.15) is 5.70 Å². The number of nitrogens with two attached hydrogens (primary N) is 1. The van der Waals surface area contributed by atoms with Crippen LogP contribution < -0.4 is 15.5 Å². The third-order valence-corrected chi connectivity index (χ3v) is 7.64. The monoisotopic (exact) mass is 568 g/mol. The molecule has 1 amide bonds. The molecule has 2 aliphatic heterocycles. The van der Waals surface area contributed by atoms with Gasteiger partial charge in [0.05, 0.1) is 11.9 Å². The summed E-state index contributed by atoms with van der Waals surface area (Å²) < 4.78 is 0. The molecule has 1 saturated heterocycles. The lowest BCUT2D eigenvalue weighted by Crippen LogP contribution is -2.52. The zero-order valence-corrected chi connectivity index (χ0v) is 24.3. The Morgan fingerprint density at radius 3 is 2.64 bits per heavy atom. The summed E-state index contributed by atoms with van der Waals surface area (Å²) in [6.45, 7) is 13.0. The number of primary amides is 1. The molecule has 0 aliphatic carbocycles. The Morgan fingerprint density at radius 2 is 1.87 bits per heavy atom. The van der Waals surface area contributed by atoms with Crippen molar-refractivity contribution in [2.45, 2.75) is 39.2 Å². The van der Waals surface area contributed by atoms with Crippen LogP contribution in [-0.2, 0) is 17.6 Å². The summed E-state index contributed by atoms with van der Waals surface area (Å²) in [5.74, 6) is -0.594. The molecule has 0 bridgehead atoms. The van der Waals surface area contributed by atoms with Crippen LogP contribution in [-0.4, -0.2) is 60.9 Å². The summed E-state index contributed by atoms with van der Waals surface area (Å²) in [6, 6.07) is 17.8. The zero-order valence-electron chi connectivity index (χ0n) is 22.7. The molecule has 0 saturated carbocycles. The predicted molar refractivity (Wildman–Crippen MR) is 167 cm³/mol. The van der Waals surface area contributed by atoms with Gasteiger partial charge in [-0.3, -0.25) is 14.7 Å². The molecule has 2 aliphatic rings. The Bertz CT molecular complexity index is 1360. The quantitative estimate of drug-likeness (QED) is 0.248. The molecule has 39 heavy (non-hydrogen) atoms. The van der Waals surface area contributed by atoms with Crippen LogP contribution in [0, 0.1) is 6.92 Å². The molecule has 1 fully saturated rings. The van der Waals surface area contributed by atoms with E-state index in [9.17, 15) is 4.79 Å². The normalized spacial score (nSPS) is 17.4. The number of anilines is 2. The average Bonchev–Trinajstić information content (AvgIpc) is 2.90. The van der Waals surface area contributed by atoms with Crippen molar-refractivity contribution in [1.82, 2.24) is 9.88 Å². The Kier molecular flexibility index (Phi) is 10.4. The van der Waals surface area contributed by atoms with Gasteiger partial charge in [-0.15, -0.1) is 24.8 Å². The lowest BCUT2D eigenvalue weighted by molar-refractivity contribution is -0.114. The van der Waals surface area contributed by atoms with Crippen LogP contribution >= 0.6 is 24.8 Å². The minimum Gasteiger partial charge on any atom is -0.368 e. The van der Waals surface area contributed by atoms with Crippen molar-refractivity contribution in [2.24, 2.45) is 10.7 Å². The summed E-state index contributed by atoms with van der Waals surface area (Å²) in [5, 5.41) is 1.23. The van der Waals surface area contributed by atoms with Crippen molar-refractivity contribution < 1.29 is 4.79 Å². The number of piperazine rings is 1. The molecule has 3 heterocycles. The van der Waals surface area contributed by atoms with Gasteiger partial charge in [-0.1, -0.05) is 24.8 Å². The number of amides is 1. The number of aliphatic imine (C=N–C) groups is 1. The molecule has 1 atom stereocenters. The van der Waals surface area contributed by atoms with E-state index in [4.69, 9.17) is 10.7 Å². The number of carbonyl (C=O) groups excluding carboxylic acids is 1. The van der Waals surface area contributed by atoms with Gasteiger partial charge in [-0.05, 0) is 74.6 Å². The summed E-state index contributed by atoms with van der Waals surface area (Å²) in [7, 11) is 0. The highest BCUT2D eigenvalue weighted by molar-refractivity contribution is 5.94. The molecular formula is C30H38Cl2N6O. The minimum absolute atomic E-state index is 0. The smallest absolute Gasteiger partial charge is 0.266 e. The number of pyridine rings is 1. The van der Waals surface area contributed by atoms with Gasteiger partial charge >= 0.3 is 0 Å². The summed E-state index contributed by atoms with van der Waals surface area (Å²) in [6.07, 6.45) is 4.82. The van der Waals surface area contributed by atoms with Gasteiger partial charge in [0, 0.05) is 61.2 Å². The summed E-state index contributed by atoms with van der Waals surface area (Å²) in [4.78, 5) is 27.4. The van der Waals surface area contributed by atoms with E-state index in [1.807, 2.05) is 6.92 Å². The molecule has 2 aromatic carbocycles. The number of hydrogen-bond acceptors (Lipinski definition) is 5. The summed E-state index contributed by atoms with van der Waals surface area (Å²) >= 11 is 0. The second kappa shape index (κ2) is 13.3. The molecule has 1 aromatic heterocycles. The fourth-order valence-corrected chi connectivity index (χ4v) is 5.61. The van der Waals surface area contributed by atoms with Crippen LogP contribution in [0.1, 0.15) is 30.2 Å². The lowest BCUT2D eigenvalue weighted by atomic mass is 9.94. The van der Waals surface area contributed by atoms with Crippen molar-refractivity contribution in [3.63, 3.8) is 0 Å². The third kappa shape index (κ3) is 6.72. The molecule has 5 rings (SSSR count). The van der Waals surface area contributed by atoms with E-state index in [1.54, 1.807) is 6.34 Å². The summed E-state index contributed by atoms with van der Waals surface area (Å²) in [5.41, 5.74) is 12.7. The van der Waals surface area contributed by atoms with Crippen LogP contribution in [0.3, 0.4) is 0 Å². The molecule has 0 radical (unpaired) electrons. The highest BCUT2D eigenvalue weighted by Gasteiger charge is 2.25. The van der Waals surface area contributed by atoms with Crippen molar-refractivity contribution in [3.05, 3.63) is 77.6 Å². The number of aryl methyl sites for hydroxylation is 1. The molecule has 7 nitrogen and oxygen atoms in total. The lowest BCUT2D eigenvalue weighted by Gasteiger charge is -2.41. The first kappa shape index (κ1) is 30.4. The van der Waals surface area contributed by atoms with Gasteiger partial charge in [0.2, 0.25) is 0 Å². The van der Waals surface area contributed by atoms with Gasteiger partial charge in [0.15, 0.2) is 0 Å². The number of aromatic nitrogens is 1. The molecule has 3 aromatic rings. The Hall–Kier alpha value is -3.13. The number of hydrogen-bond donors (Lipinski definition) is 1. The number of nitrogens with zero attached hydrogens (tertiary/aromatic N) is 5. The highest BCUT2D eigenvalue weighted by atomic mass is 35.5. The van der Waals surface area contributed by atoms with E-state index < -0.39 is 5.91 Å². The van der Waals surface area contributed by atoms with Crippen molar-refractivity contribution in [2.75, 3.05) is 42.5 Å². The molecule has 9 heteroatoms. The van der Waals surface area contributed by atoms with Crippen LogP contribution in [0.15, 0.2) is 65.8 Å². The van der Waals surface area contributed by atoms with Crippen LogP contribution in [0.4, 0.5) is 11.4 Å². The molecule has 0 unspecified atom stereocenters. The fraction of sp³-hybridized carbons (Fsp3) is 0.367. The largest absolute Gasteiger partial charge is 0.368 e. The topological polar surface area (TPSA) is 78.1 Å². The molecule has 0 spiro atoms. The highest BCUT2D eigenvalue weighted by Crippen LogP contribution is 2.31.